The standard InChI is InChI=1S/C9H8FN3O/c10-7-3-1-2-6(4-7)5-8-12-9(11)13-14-8/h1-4H,5H2,(H2,11,13). The van der Waals surface area contributed by atoms with Gasteiger partial charge in [0.25, 0.3) is 5.95 Å². The van der Waals surface area contributed by atoms with Gasteiger partial charge in [0, 0.05) is 0 Å². The molecule has 0 atom stereocenters. The summed E-state index contributed by atoms with van der Waals surface area (Å²) in [7, 11) is 0. The minimum absolute atomic E-state index is 0.0939. The summed E-state index contributed by atoms with van der Waals surface area (Å²) in [6, 6.07) is 6.21. The van der Waals surface area contributed by atoms with Crippen molar-refractivity contribution in [1.82, 2.24) is 10.1 Å². The fraction of sp³-hybridized carbons (Fsp3) is 0.111. The number of hydrogen-bond acceptors (Lipinski definition) is 4. The molecule has 0 aliphatic carbocycles. The van der Waals surface area contributed by atoms with Crippen molar-refractivity contribution >= 4 is 5.95 Å². The van der Waals surface area contributed by atoms with Crippen molar-refractivity contribution in [1.29, 1.82) is 0 Å². The molecule has 1 aromatic heterocycles. The maximum atomic E-state index is 12.8. The highest BCUT2D eigenvalue weighted by molar-refractivity contribution is 5.20. The lowest BCUT2D eigenvalue weighted by atomic mass is 10.1. The summed E-state index contributed by atoms with van der Waals surface area (Å²) in [4.78, 5) is 3.81. The van der Waals surface area contributed by atoms with Gasteiger partial charge in [-0.15, -0.1) is 0 Å². The van der Waals surface area contributed by atoms with Gasteiger partial charge in [0.15, 0.2) is 0 Å². The molecule has 0 spiro atoms. The van der Waals surface area contributed by atoms with E-state index in [4.69, 9.17) is 10.3 Å². The van der Waals surface area contributed by atoms with E-state index in [1.54, 1.807) is 12.1 Å². The molecule has 1 aromatic carbocycles. The topological polar surface area (TPSA) is 64.9 Å². The van der Waals surface area contributed by atoms with Crippen LogP contribution in [0.15, 0.2) is 28.8 Å². The summed E-state index contributed by atoms with van der Waals surface area (Å²) in [5.74, 6) is 0.194. The van der Waals surface area contributed by atoms with Crippen molar-refractivity contribution in [3.63, 3.8) is 0 Å². The van der Waals surface area contributed by atoms with Crippen LogP contribution in [0.3, 0.4) is 0 Å². The summed E-state index contributed by atoms with van der Waals surface area (Å²) >= 11 is 0. The Labute approximate surface area is 79.5 Å². The minimum atomic E-state index is -0.282. The van der Waals surface area contributed by atoms with Crippen LogP contribution >= 0.6 is 0 Å². The molecule has 2 aromatic rings. The van der Waals surface area contributed by atoms with Gasteiger partial charge in [-0.1, -0.05) is 12.1 Å². The van der Waals surface area contributed by atoms with E-state index in [2.05, 4.69) is 10.1 Å². The van der Waals surface area contributed by atoms with E-state index in [1.165, 1.54) is 12.1 Å². The second-order valence-corrected chi connectivity index (χ2v) is 2.85. The Morgan fingerprint density at radius 2 is 2.29 bits per heavy atom. The number of nitrogens with zero attached hydrogens (tertiary/aromatic N) is 2. The van der Waals surface area contributed by atoms with Crippen LogP contribution in [0.25, 0.3) is 0 Å². The van der Waals surface area contributed by atoms with Crippen LogP contribution < -0.4 is 5.73 Å². The first-order valence-electron chi connectivity index (χ1n) is 4.06. The molecule has 0 bridgehead atoms. The Morgan fingerprint density at radius 1 is 1.43 bits per heavy atom. The molecule has 0 unspecified atom stereocenters. The van der Waals surface area contributed by atoms with E-state index in [0.717, 1.165) is 5.56 Å². The maximum absolute atomic E-state index is 12.8. The van der Waals surface area contributed by atoms with Gasteiger partial charge < -0.3 is 10.3 Å². The molecular weight excluding hydrogens is 185 g/mol. The van der Waals surface area contributed by atoms with Gasteiger partial charge >= 0.3 is 0 Å². The highest BCUT2D eigenvalue weighted by Crippen LogP contribution is 2.09. The molecule has 72 valence electrons. The zero-order valence-electron chi connectivity index (χ0n) is 7.27. The van der Waals surface area contributed by atoms with Crippen molar-refractivity contribution in [3.05, 3.63) is 41.5 Å². The lowest BCUT2D eigenvalue weighted by Crippen LogP contribution is -1.90. The molecule has 0 saturated heterocycles. The average Bonchev–Trinajstić information content (AvgIpc) is 2.51. The molecule has 2 N–H and O–H groups in total. The van der Waals surface area contributed by atoms with E-state index < -0.39 is 0 Å². The summed E-state index contributed by atoms with van der Waals surface area (Å²) < 4.78 is 17.6. The fourth-order valence-electron chi connectivity index (χ4n) is 1.16. The molecule has 0 fully saturated rings. The van der Waals surface area contributed by atoms with Gasteiger partial charge in [-0.2, -0.15) is 4.98 Å². The Bertz CT molecular complexity index is 441. The second-order valence-electron chi connectivity index (χ2n) is 2.85. The number of aromatic nitrogens is 2. The Kier molecular flexibility index (Phi) is 2.14. The molecule has 4 nitrogen and oxygen atoms in total. The molecule has 1 heterocycles. The Hall–Kier alpha value is -1.91. The highest BCUT2D eigenvalue weighted by Gasteiger charge is 2.04. The largest absolute Gasteiger partial charge is 0.365 e. The van der Waals surface area contributed by atoms with Gasteiger partial charge in [-0.25, -0.2) is 4.39 Å². The first-order chi connectivity index (χ1) is 6.74. The minimum Gasteiger partial charge on any atom is -0.365 e. The monoisotopic (exact) mass is 193 g/mol. The third kappa shape index (κ3) is 1.87. The number of benzene rings is 1. The van der Waals surface area contributed by atoms with Crippen LogP contribution in [0.4, 0.5) is 10.3 Å². The SMILES string of the molecule is Nc1noc(Cc2cccc(F)c2)n1. The number of rotatable bonds is 2. The third-order valence-electron chi connectivity index (χ3n) is 1.73. The molecule has 0 amide bonds. The molecule has 2 rings (SSSR count). The van der Waals surface area contributed by atoms with Crippen molar-refractivity contribution < 1.29 is 8.91 Å². The molecular formula is C9H8FN3O. The van der Waals surface area contributed by atoms with Crippen molar-refractivity contribution in [2.45, 2.75) is 6.42 Å². The lowest BCUT2D eigenvalue weighted by molar-refractivity contribution is 0.386. The van der Waals surface area contributed by atoms with E-state index in [9.17, 15) is 4.39 Å². The summed E-state index contributed by atoms with van der Waals surface area (Å²) in [6.07, 6.45) is 0.391. The van der Waals surface area contributed by atoms with Crippen LogP contribution in [0.5, 0.6) is 0 Å². The molecule has 5 heteroatoms. The van der Waals surface area contributed by atoms with Gasteiger partial charge in [0.05, 0.1) is 6.42 Å². The van der Waals surface area contributed by atoms with Gasteiger partial charge in [0.2, 0.25) is 5.89 Å². The summed E-state index contributed by atoms with van der Waals surface area (Å²) in [5, 5.41) is 3.43. The molecule has 0 aliphatic rings. The highest BCUT2D eigenvalue weighted by atomic mass is 19.1. The van der Waals surface area contributed by atoms with Crippen LogP contribution in [0.1, 0.15) is 11.5 Å². The average molecular weight is 193 g/mol. The smallest absolute Gasteiger partial charge is 0.260 e. The number of anilines is 1. The third-order valence-corrected chi connectivity index (χ3v) is 1.73. The molecule has 0 saturated carbocycles. The van der Waals surface area contributed by atoms with Crippen LogP contribution in [0, 0.1) is 5.82 Å². The summed E-state index contributed by atoms with van der Waals surface area (Å²) in [6.45, 7) is 0. The fourth-order valence-corrected chi connectivity index (χ4v) is 1.16. The van der Waals surface area contributed by atoms with E-state index in [0.29, 0.717) is 12.3 Å². The Morgan fingerprint density at radius 3 is 2.93 bits per heavy atom. The van der Waals surface area contributed by atoms with Crippen molar-refractivity contribution in [2.75, 3.05) is 5.73 Å². The molecule has 0 aliphatic heterocycles. The van der Waals surface area contributed by atoms with Gasteiger partial charge in [-0.3, -0.25) is 0 Å². The van der Waals surface area contributed by atoms with Crippen LogP contribution in [0.2, 0.25) is 0 Å². The lowest BCUT2D eigenvalue weighted by Gasteiger charge is -1.95. The van der Waals surface area contributed by atoms with Crippen LogP contribution in [-0.4, -0.2) is 10.1 Å². The number of halogens is 1. The molecule has 14 heavy (non-hydrogen) atoms. The maximum Gasteiger partial charge on any atom is 0.260 e. The van der Waals surface area contributed by atoms with Gasteiger partial charge in [-0.05, 0) is 22.9 Å². The number of nitrogen functional groups attached to an aromatic ring is 1. The molecule has 0 radical (unpaired) electrons. The van der Waals surface area contributed by atoms with Crippen molar-refractivity contribution in [3.8, 4) is 0 Å². The predicted octanol–water partition coefficient (Wildman–Crippen LogP) is 1.38. The van der Waals surface area contributed by atoms with E-state index in [-0.39, 0.29) is 11.8 Å². The second kappa shape index (κ2) is 3.45. The predicted molar refractivity (Wildman–Crippen MR) is 47.9 cm³/mol. The number of hydrogen-bond donors (Lipinski definition) is 1. The normalized spacial score (nSPS) is 10.4. The Balaban J connectivity index is 2.18. The van der Waals surface area contributed by atoms with E-state index >= 15 is 0 Å². The van der Waals surface area contributed by atoms with Gasteiger partial charge in [0.1, 0.15) is 5.82 Å². The zero-order chi connectivity index (χ0) is 9.97. The quantitative estimate of drug-likeness (QED) is 0.782. The first-order valence-corrected chi connectivity index (χ1v) is 4.06. The van der Waals surface area contributed by atoms with Crippen molar-refractivity contribution in [2.24, 2.45) is 0 Å². The van der Waals surface area contributed by atoms with E-state index in [1.807, 2.05) is 0 Å². The van der Waals surface area contributed by atoms with Crippen LogP contribution in [-0.2, 0) is 6.42 Å². The first kappa shape index (κ1) is 8.68. The zero-order valence-corrected chi connectivity index (χ0v) is 7.27. The summed E-state index contributed by atoms with van der Waals surface area (Å²) in [5.41, 5.74) is 6.04. The number of nitrogens with two attached hydrogens (primary N) is 1.